The molecule has 0 aromatic heterocycles. The van der Waals surface area contributed by atoms with Crippen LogP contribution in [0.3, 0.4) is 0 Å². The van der Waals surface area contributed by atoms with E-state index in [1.54, 1.807) is 7.11 Å². The molecule has 0 radical (unpaired) electrons. The Labute approximate surface area is 129 Å². The third kappa shape index (κ3) is 3.17. The molecule has 1 aromatic rings. The Bertz CT molecular complexity index is 508. The Morgan fingerprint density at radius 1 is 1.14 bits per heavy atom. The van der Waals surface area contributed by atoms with Gasteiger partial charge in [-0.3, -0.25) is 0 Å². The van der Waals surface area contributed by atoms with Crippen molar-refractivity contribution in [1.29, 1.82) is 0 Å². The number of methoxy groups -OCH3 is 1. The van der Waals surface area contributed by atoms with Gasteiger partial charge in [0, 0.05) is 24.0 Å². The van der Waals surface area contributed by atoms with Gasteiger partial charge >= 0.3 is 0 Å². The Morgan fingerprint density at radius 2 is 1.86 bits per heavy atom. The lowest BCUT2D eigenvalue weighted by atomic mass is 9.93. The predicted molar refractivity (Wildman–Crippen MR) is 88.2 cm³/mol. The highest BCUT2D eigenvalue weighted by Crippen LogP contribution is 2.34. The van der Waals surface area contributed by atoms with Crippen LogP contribution in [0, 0.1) is 5.92 Å². The second-order valence-electron chi connectivity index (χ2n) is 6.47. The Kier molecular flexibility index (Phi) is 4.81. The van der Waals surface area contributed by atoms with Crippen LogP contribution in [-0.2, 0) is 0 Å². The van der Waals surface area contributed by atoms with E-state index in [1.807, 2.05) is 6.20 Å². The molecule has 0 spiro atoms. The molecule has 1 N–H and O–H groups in total. The molecule has 0 fully saturated rings. The average Bonchev–Trinajstić information content (AvgIpc) is 2.94. The summed E-state index contributed by atoms with van der Waals surface area (Å²) in [7, 11) is 1.73. The largest absolute Gasteiger partial charge is 0.497 e. The van der Waals surface area contributed by atoms with Crippen LogP contribution in [-0.4, -0.2) is 18.1 Å². The third-order valence-electron chi connectivity index (χ3n) is 4.44. The van der Waals surface area contributed by atoms with Crippen LogP contribution in [0.1, 0.15) is 57.8 Å². The Morgan fingerprint density at radius 3 is 2.43 bits per heavy atom. The van der Waals surface area contributed by atoms with Crippen molar-refractivity contribution in [3.8, 4) is 5.75 Å². The van der Waals surface area contributed by atoms with Crippen molar-refractivity contribution in [3.05, 3.63) is 41.7 Å². The quantitative estimate of drug-likeness (QED) is 0.877. The molecular weight excluding hydrogens is 260 g/mol. The first-order chi connectivity index (χ1) is 9.95. The van der Waals surface area contributed by atoms with Crippen molar-refractivity contribution in [2.45, 2.75) is 52.7 Å². The van der Waals surface area contributed by atoms with Crippen molar-refractivity contribution in [3.63, 3.8) is 0 Å². The molecule has 1 unspecified atom stereocenters. The number of hydrogen-bond donors (Lipinski definition) is 1. The smallest absolute Gasteiger partial charge is 0.125 e. The standard InChI is InChI=1S/C18H28N2O/c1-12(2)14(5)20-10-9-19-18(20)17-11-15(21-6)7-8-16(17)13(3)4/h7-14,18-19H,1-6H3/t14-,18?/m0/s1. The molecule has 116 valence electrons. The first-order valence-corrected chi connectivity index (χ1v) is 7.83. The highest BCUT2D eigenvalue weighted by molar-refractivity contribution is 5.40. The van der Waals surface area contributed by atoms with E-state index < -0.39 is 0 Å². The number of nitrogens with zero attached hydrogens (tertiary/aromatic N) is 1. The number of ether oxygens (including phenoxy) is 1. The molecule has 2 rings (SSSR count). The topological polar surface area (TPSA) is 24.5 Å². The summed E-state index contributed by atoms with van der Waals surface area (Å²) in [5.41, 5.74) is 2.68. The van der Waals surface area contributed by atoms with Crippen molar-refractivity contribution < 1.29 is 4.74 Å². The molecule has 1 aromatic carbocycles. The molecule has 1 aliphatic rings. The summed E-state index contributed by atoms with van der Waals surface area (Å²) in [4.78, 5) is 2.41. The predicted octanol–water partition coefficient (Wildman–Crippen LogP) is 4.24. The van der Waals surface area contributed by atoms with E-state index in [-0.39, 0.29) is 6.17 Å². The zero-order valence-corrected chi connectivity index (χ0v) is 14.1. The zero-order chi connectivity index (χ0) is 15.6. The SMILES string of the molecule is COc1ccc(C(C)C)c(C2NC=CN2[C@@H](C)C(C)C)c1. The van der Waals surface area contributed by atoms with Gasteiger partial charge in [0.05, 0.1) is 7.11 Å². The number of hydrogen-bond acceptors (Lipinski definition) is 3. The summed E-state index contributed by atoms with van der Waals surface area (Å²) < 4.78 is 5.43. The van der Waals surface area contributed by atoms with Crippen molar-refractivity contribution in [2.24, 2.45) is 5.92 Å². The van der Waals surface area contributed by atoms with Crippen LogP contribution in [0.5, 0.6) is 5.75 Å². The van der Waals surface area contributed by atoms with Gasteiger partial charge < -0.3 is 15.0 Å². The van der Waals surface area contributed by atoms with Crippen LogP contribution in [0.15, 0.2) is 30.6 Å². The van der Waals surface area contributed by atoms with E-state index in [2.05, 4.69) is 69.2 Å². The van der Waals surface area contributed by atoms with Gasteiger partial charge in [0.25, 0.3) is 0 Å². The van der Waals surface area contributed by atoms with Gasteiger partial charge in [-0.2, -0.15) is 0 Å². The van der Waals surface area contributed by atoms with E-state index in [1.165, 1.54) is 11.1 Å². The summed E-state index contributed by atoms with van der Waals surface area (Å²) in [6.07, 6.45) is 4.40. The number of nitrogens with one attached hydrogen (secondary N) is 1. The summed E-state index contributed by atoms with van der Waals surface area (Å²) in [5.74, 6) is 2.01. The lowest BCUT2D eigenvalue weighted by molar-refractivity contribution is 0.179. The molecule has 3 nitrogen and oxygen atoms in total. The maximum atomic E-state index is 5.43. The third-order valence-corrected chi connectivity index (χ3v) is 4.44. The van der Waals surface area contributed by atoms with Gasteiger partial charge in [-0.05, 0) is 36.5 Å². The van der Waals surface area contributed by atoms with Gasteiger partial charge in [0.2, 0.25) is 0 Å². The molecule has 0 bridgehead atoms. The Balaban J connectivity index is 2.39. The van der Waals surface area contributed by atoms with Crippen LogP contribution in [0.2, 0.25) is 0 Å². The monoisotopic (exact) mass is 288 g/mol. The molecule has 3 heteroatoms. The highest BCUT2D eigenvalue weighted by atomic mass is 16.5. The van der Waals surface area contributed by atoms with E-state index in [0.717, 1.165) is 5.75 Å². The highest BCUT2D eigenvalue weighted by Gasteiger charge is 2.28. The maximum Gasteiger partial charge on any atom is 0.125 e. The van der Waals surface area contributed by atoms with Gasteiger partial charge in [-0.1, -0.05) is 33.8 Å². The minimum Gasteiger partial charge on any atom is -0.497 e. The molecular formula is C18H28N2O. The van der Waals surface area contributed by atoms with Gasteiger partial charge in [-0.25, -0.2) is 0 Å². The summed E-state index contributed by atoms with van der Waals surface area (Å²) >= 11 is 0. The zero-order valence-electron chi connectivity index (χ0n) is 14.1. The second kappa shape index (κ2) is 6.42. The van der Waals surface area contributed by atoms with Crippen LogP contribution >= 0.6 is 0 Å². The average molecular weight is 288 g/mol. The van der Waals surface area contributed by atoms with Gasteiger partial charge in [0.15, 0.2) is 0 Å². The molecule has 0 aliphatic carbocycles. The first kappa shape index (κ1) is 15.7. The normalized spacial score (nSPS) is 19.2. The van der Waals surface area contributed by atoms with E-state index in [9.17, 15) is 0 Å². The molecule has 0 saturated heterocycles. The molecule has 1 heterocycles. The van der Waals surface area contributed by atoms with Crippen molar-refractivity contribution in [2.75, 3.05) is 7.11 Å². The second-order valence-corrected chi connectivity index (χ2v) is 6.47. The fraction of sp³-hybridized carbons (Fsp3) is 0.556. The minimum absolute atomic E-state index is 0.190. The maximum absolute atomic E-state index is 5.43. The first-order valence-electron chi connectivity index (χ1n) is 7.83. The van der Waals surface area contributed by atoms with E-state index in [0.29, 0.717) is 17.9 Å². The van der Waals surface area contributed by atoms with Gasteiger partial charge in [0.1, 0.15) is 11.9 Å². The van der Waals surface area contributed by atoms with Crippen molar-refractivity contribution in [1.82, 2.24) is 10.2 Å². The summed E-state index contributed by atoms with van der Waals surface area (Å²) in [6.45, 7) is 11.3. The fourth-order valence-electron chi connectivity index (χ4n) is 2.80. The van der Waals surface area contributed by atoms with E-state index in [4.69, 9.17) is 4.74 Å². The lowest BCUT2D eigenvalue weighted by Crippen LogP contribution is -2.37. The number of benzene rings is 1. The molecule has 1 aliphatic heterocycles. The Hall–Kier alpha value is -1.64. The van der Waals surface area contributed by atoms with Gasteiger partial charge in [-0.15, -0.1) is 0 Å². The number of rotatable bonds is 5. The molecule has 0 saturated carbocycles. The fourth-order valence-corrected chi connectivity index (χ4v) is 2.80. The van der Waals surface area contributed by atoms with Crippen LogP contribution in [0.25, 0.3) is 0 Å². The minimum atomic E-state index is 0.190. The van der Waals surface area contributed by atoms with Crippen LogP contribution in [0.4, 0.5) is 0 Å². The van der Waals surface area contributed by atoms with Crippen molar-refractivity contribution >= 4 is 0 Å². The molecule has 0 amide bonds. The van der Waals surface area contributed by atoms with Crippen LogP contribution < -0.4 is 10.1 Å². The van der Waals surface area contributed by atoms with E-state index >= 15 is 0 Å². The summed E-state index contributed by atoms with van der Waals surface area (Å²) in [5, 5.41) is 3.50. The summed E-state index contributed by atoms with van der Waals surface area (Å²) in [6, 6.07) is 6.89. The molecule has 21 heavy (non-hydrogen) atoms. The molecule has 2 atom stereocenters. The lowest BCUT2D eigenvalue weighted by Gasteiger charge is -2.35.